The Morgan fingerprint density at radius 2 is 0.571 bits per heavy atom. The Kier molecular flexibility index (Phi) is 8.24. The molecule has 0 N–H and O–H groups in total. The number of nitrogens with zero attached hydrogens (tertiary/aromatic N) is 4. The van der Waals surface area contributed by atoms with Gasteiger partial charge in [0.2, 0.25) is 0 Å². The Balaban J connectivity index is 0.000000210. The van der Waals surface area contributed by atoms with Crippen LogP contribution < -0.4 is 9.80 Å². The molecule has 0 spiro atoms. The second-order valence-electron chi connectivity index (χ2n) is 24.0. The predicted octanol–water partition coefficient (Wildman–Crippen LogP) is 29.8. The summed E-state index contributed by atoms with van der Waals surface area (Å²) in [5, 5.41) is 0.0959. The molecule has 0 amide bonds. The van der Waals surface area contributed by atoms with Gasteiger partial charge in [-0.2, -0.15) is 0 Å². The molecule has 4 nitrogen and oxygen atoms in total. The molecule has 0 bridgehead atoms. The normalized spacial score (nSPS) is 18.3. The third-order valence-corrected chi connectivity index (χ3v) is 17.5. The summed E-state index contributed by atoms with van der Waals surface area (Å²) in [6, 6.07) is -22.8. The van der Waals surface area contributed by atoms with Gasteiger partial charge >= 0.3 is 0 Å². The van der Waals surface area contributed by atoms with Gasteiger partial charge in [0.05, 0.1) is 112 Å². The highest BCUT2D eigenvalue weighted by Gasteiger charge is 2.22. The highest BCUT2D eigenvalue weighted by Crippen LogP contribution is 2.45. The topological polar surface area (TPSA) is 16.3 Å². The van der Waals surface area contributed by atoms with Gasteiger partial charge < -0.3 is 18.9 Å². The number of rotatable bonds is 16. The van der Waals surface area contributed by atoms with Crippen molar-refractivity contribution in [1.29, 1.82) is 0 Å². The van der Waals surface area contributed by atoms with Gasteiger partial charge in [-0.25, -0.2) is 0 Å². The number of hydrogen-bond acceptors (Lipinski definition) is 2. The number of para-hydroxylation sites is 4. The molecule has 528 valence electrons. The largest absolute Gasteiger partial charge is 0.310 e. The minimum absolute atomic E-state index is 0.211. The Morgan fingerprint density at radius 1 is 0.179 bits per heavy atom. The van der Waals surface area contributed by atoms with Crippen LogP contribution in [-0.4, -0.2) is 9.13 Å². The monoisotopic (exact) mass is 1490 g/mol. The summed E-state index contributed by atoms with van der Waals surface area (Å²) in [5.74, 6) is 0. The van der Waals surface area contributed by atoms with E-state index in [-0.39, 0.29) is 11.1 Å². The van der Waals surface area contributed by atoms with Gasteiger partial charge in [0.1, 0.15) is 0 Å². The molecular weight excluding hydrogens is 1350 g/mol. The Labute approximate surface area is 733 Å². The first-order valence-electron chi connectivity index (χ1n) is 62.2. The standard InChI is InChI=1S/2C54H38N2/c2*1-4-15-39(16-5-1)41-27-32-46(33-28-41)55(48-22-14-21-44(37-48)40-17-6-2-7-18-40)47-34-29-42(30-35-47)45-31-36-54-51(38-45)50-24-11-13-26-53(50)56(54)52-25-12-10-23-49(52)43-19-8-3-9-20-43/h2*1-38H/i1D,2D,3D,4D,5D,6D,7D,8D,9D,10D,11D,12D,13D,14D,15D,16D,17D,18D,19D,20D,21D,22D,23D,24D,26D,27D,28D,29D,30D,31D,32D,33D,34D,35D,36D,38D;1D,2D,4D,5D,6D,7D,14D,15D,16D,17D,18D,21D,22D,27D,28D,29D,30D,32D,33D,34D,35D. The molecule has 20 aromatic rings. The SMILES string of the molecule is [2H]c1c(-c2c([2H])c([2H])c([2H])c([2H])c2[2H])cc(N(c2c([2H])c([2H])c(-c3ccc4c(c3)c3ccccc3n4-c3ccccc3-c3ccccc3)c([2H])c2[2H])c2c([2H])c([2H])c(-c3c([2H])c([2H])c([2H])c([2H])c3[2H])c([2H])c2[2H])c([2H])c1[2H].[2H]c1cc(-n2c3c([2H])c([2H])c([2H])c([2H])c3c3c([2H])c(-c4c([2H])c([2H])c(N(c5cc(-c6c([2H])c([2H])c([2H])c([2H])c6[2H])c([2H])c([2H])c5[2H])c5c([2H])c([2H])c(-c6c([2H])c([2H])c([2H])c([2H])c6[2H])c([2H])c5[2H])c([2H])c4[2H])c([2H])c([2H])c32)c(-c2c([2H])c([2H])c([2H])c([2H])c2[2H])c([2H])c1[2H]. The first-order valence-corrected chi connectivity index (χ1v) is 33.7. The molecule has 4 heteroatoms. The Bertz CT molecular complexity index is 10200. The summed E-state index contributed by atoms with van der Waals surface area (Å²) < 4.78 is 514. The fourth-order valence-corrected chi connectivity index (χ4v) is 12.5. The van der Waals surface area contributed by atoms with Gasteiger partial charge in [0, 0.05) is 66.8 Å². The van der Waals surface area contributed by atoms with Crippen LogP contribution in [0.25, 0.3) is 144 Å². The molecular formula is C108H76N4. The number of fused-ring (bicyclic) bond motifs is 6. The van der Waals surface area contributed by atoms with Crippen molar-refractivity contribution in [3.05, 3.63) is 460 Å². The van der Waals surface area contributed by atoms with Gasteiger partial charge in [-0.3, -0.25) is 0 Å². The van der Waals surface area contributed by atoms with E-state index in [1.807, 2.05) is 78.9 Å². The molecule has 2 heterocycles. The van der Waals surface area contributed by atoms with E-state index in [9.17, 15) is 31.5 Å². The maximum Gasteiger partial charge on any atom is 0.0645 e. The lowest BCUT2D eigenvalue weighted by molar-refractivity contribution is 1.18. The molecule has 0 aliphatic heterocycles. The van der Waals surface area contributed by atoms with Crippen LogP contribution in [0.15, 0.2) is 460 Å². The number of hydrogen-bond donors (Lipinski definition) is 0. The van der Waals surface area contributed by atoms with Crippen molar-refractivity contribution < 1.29 is 78.1 Å². The zero-order valence-corrected chi connectivity index (χ0v) is 57.3. The van der Waals surface area contributed by atoms with Crippen LogP contribution >= 0.6 is 0 Å². The van der Waals surface area contributed by atoms with Crippen LogP contribution in [0.5, 0.6) is 0 Å². The van der Waals surface area contributed by atoms with E-state index in [1.165, 1.54) is 0 Å². The maximum atomic E-state index is 9.92. The molecule has 20 rings (SSSR count). The molecule has 0 radical (unpaired) electrons. The molecule has 0 saturated heterocycles. The van der Waals surface area contributed by atoms with Crippen molar-refractivity contribution in [2.24, 2.45) is 0 Å². The minimum atomic E-state index is -1.34. The van der Waals surface area contributed by atoms with E-state index >= 15 is 0 Å². The molecule has 2 aromatic heterocycles. The van der Waals surface area contributed by atoms with Crippen LogP contribution in [-0.2, 0) is 0 Å². The smallest absolute Gasteiger partial charge is 0.0645 e. The fraction of sp³-hybridized carbons (Fsp3) is 0. The number of anilines is 6. The van der Waals surface area contributed by atoms with E-state index in [1.54, 1.807) is 18.2 Å². The Morgan fingerprint density at radius 3 is 1.12 bits per heavy atom. The van der Waals surface area contributed by atoms with Gasteiger partial charge in [-0.15, -0.1) is 0 Å². The first kappa shape index (κ1) is 30.3. The summed E-state index contributed by atoms with van der Waals surface area (Å²) in [6.07, 6.45) is 0. The minimum Gasteiger partial charge on any atom is -0.310 e. The molecule has 0 saturated carbocycles. The van der Waals surface area contributed by atoms with Gasteiger partial charge in [0.25, 0.3) is 0 Å². The van der Waals surface area contributed by atoms with E-state index in [4.69, 9.17) is 46.6 Å². The second-order valence-corrected chi connectivity index (χ2v) is 24.0. The van der Waals surface area contributed by atoms with Crippen molar-refractivity contribution in [2.45, 2.75) is 0 Å². The van der Waals surface area contributed by atoms with Crippen LogP contribution in [0.3, 0.4) is 0 Å². The average molecular weight is 1490 g/mol. The van der Waals surface area contributed by atoms with E-state index < -0.39 is 473 Å². The molecule has 0 unspecified atom stereocenters. The zero-order chi connectivity index (χ0) is 124. The first-order chi connectivity index (χ1) is 79.3. The van der Waals surface area contributed by atoms with Crippen molar-refractivity contribution in [1.82, 2.24) is 9.13 Å². The average Bonchev–Trinajstić information content (AvgIpc) is 1.51. The Hall–Kier alpha value is -14.8. The van der Waals surface area contributed by atoms with E-state index in [0.29, 0.717) is 21.3 Å². The van der Waals surface area contributed by atoms with Gasteiger partial charge in [-0.1, -0.05) is 339 Å². The summed E-state index contributed by atoms with van der Waals surface area (Å²) >= 11 is 0. The van der Waals surface area contributed by atoms with Gasteiger partial charge in [-0.05, 0) is 199 Å². The summed E-state index contributed by atoms with van der Waals surface area (Å²) in [6.45, 7) is 0. The number of aromatic nitrogens is 2. The van der Waals surface area contributed by atoms with E-state index in [2.05, 4.69) is 4.57 Å². The van der Waals surface area contributed by atoms with Crippen LogP contribution in [0.2, 0.25) is 0 Å². The van der Waals surface area contributed by atoms with Crippen molar-refractivity contribution >= 4 is 77.7 Å². The molecule has 0 aliphatic rings. The lowest BCUT2D eigenvalue weighted by Crippen LogP contribution is -2.10. The third kappa shape index (κ3) is 13.4. The highest BCUT2D eigenvalue weighted by atomic mass is 15.1. The van der Waals surface area contributed by atoms with Crippen molar-refractivity contribution in [3.63, 3.8) is 0 Å². The second kappa shape index (κ2) is 30.4. The summed E-state index contributed by atoms with van der Waals surface area (Å²) in [4.78, 5) is 1.02. The molecule has 0 atom stereocenters. The quantitative estimate of drug-likeness (QED) is 0.0959. The van der Waals surface area contributed by atoms with Crippen molar-refractivity contribution in [3.8, 4) is 100 Å². The van der Waals surface area contributed by atoms with Crippen LogP contribution in [0, 0.1) is 0 Å². The molecule has 0 aliphatic carbocycles. The van der Waals surface area contributed by atoms with E-state index in [0.717, 1.165) is 49.9 Å². The lowest BCUT2D eigenvalue weighted by Gasteiger charge is -2.26. The fourth-order valence-electron chi connectivity index (χ4n) is 12.5. The zero-order valence-electron chi connectivity index (χ0n) is 114. The molecule has 0 fully saturated rings. The lowest BCUT2D eigenvalue weighted by atomic mass is 10.0. The van der Waals surface area contributed by atoms with Crippen molar-refractivity contribution in [2.75, 3.05) is 9.80 Å². The highest BCUT2D eigenvalue weighted by molar-refractivity contribution is 6.12. The van der Waals surface area contributed by atoms with Gasteiger partial charge in [0.15, 0.2) is 0 Å². The maximum absolute atomic E-state index is 9.92. The van der Waals surface area contributed by atoms with Crippen LogP contribution in [0.4, 0.5) is 34.1 Å². The molecule has 112 heavy (non-hydrogen) atoms. The molecule has 18 aromatic carbocycles. The predicted molar refractivity (Wildman–Crippen MR) is 474 cm³/mol. The van der Waals surface area contributed by atoms with Crippen LogP contribution in [0.1, 0.15) is 78.1 Å². The summed E-state index contributed by atoms with van der Waals surface area (Å²) in [5.41, 5.74) is -12.8. The summed E-state index contributed by atoms with van der Waals surface area (Å²) in [7, 11) is 0. The third-order valence-electron chi connectivity index (χ3n) is 17.5. The number of benzene rings is 18.